The van der Waals surface area contributed by atoms with Crippen LogP contribution in [0.2, 0.25) is 0 Å². The summed E-state index contributed by atoms with van der Waals surface area (Å²) in [6, 6.07) is 14.0. The normalized spacial score (nSPS) is 9.63. The fourth-order valence-electron chi connectivity index (χ4n) is 1.50. The Bertz CT molecular complexity index is 633. The quantitative estimate of drug-likeness (QED) is 0.904. The Hall–Kier alpha value is -2.87. The number of carboxylic acid groups (broad SMARTS) is 1. The van der Waals surface area contributed by atoms with Crippen molar-refractivity contribution in [3.63, 3.8) is 0 Å². The average Bonchev–Trinajstić information content (AvgIpc) is 2.45. The molecule has 0 saturated carbocycles. The predicted molar refractivity (Wildman–Crippen MR) is 66.7 cm³/mol. The Morgan fingerprint density at radius 1 is 1.26 bits per heavy atom. The second-order valence-electron chi connectivity index (χ2n) is 3.73. The number of hydrogen-bond acceptors (Lipinski definition) is 4. The molecule has 0 aliphatic carbocycles. The fraction of sp³-hybridized carbons (Fsp3) is 0.0714. The molecule has 0 atom stereocenters. The molecular formula is C14H10N2O3. The first-order valence-electron chi connectivity index (χ1n) is 5.52. The van der Waals surface area contributed by atoms with E-state index in [4.69, 9.17) is 15.1 Å². The minimum atomic E-state index is -1.17. The number of ether oxygens (including phenoxy) is 1. The molecule has 0 saturated heterocycles. The zero-order valence-electron chi connectivity index (χ0n) is 9.91. The lowest BCUT2D eigenvalue weighted by Crippen LogP contribution is -2.04. The summed E-state index contributed by atoms with van der Waals surface area (Å²) in [5.41, 5.74) is 0.744. The number of benzene rings is 1. The highest BCUT2D eigenvalue weighted by molar-refractivity contribution is 5.85. The van der Waals surface area contributed by atoms with Crippen LogP contribution >= 0.6 is 0 Å². The minimum absolute atomic E-state index is 0.0316. The van der Waals surface area contributed by atoms with Gasteiger partial charge < -0.3 is 9.84 Å². The van der Waals surface area contributed by atoms with Crippen LogP contribution in [0.25, 0.3) is 0 Å². The van der Waals surface area contributed by atoms with E-state index in [0.29, 0.717) is 6.61 Å². The second-order valence-corrected chi connectivity index (χ2v) is 3.73. The second kappa shape index (κ2) is 5.65. The van der Waals surface area contributed by atoms with E-state index in [-0.39, 0.29) is 17.1 Å². The van der Waals surface area contributed by atoms with Crippen molar-refractivity contribution in [1.29, 1.82) is 5.26 Å². The van der Waals surface area contributed by atoms with E-state index in [1.165, 1.54) is 12.1 Å². The maximum absolute atomic E-state index is 10.7. The first-order chi connectivity index (χ1) is 9.20. The lowest BCUT2D eigenvalue weighted by atomic mass is 10.2. The summed E-state index contributed by atoms with van der Waals surface area (Å²) < 4.78 is 5.47. The zero-order chi connectivity index (χ0) is 13.7. The van der Waals surface area contributed by atoms with Gasteiger partial charge in [-0.25, -0.2) is 9.78 Å². The lowest BCUT2D eigenvalue weighted by molar-refractivity contribution is 0.0690. The molecule has 0 amide bonds. The van der Waals surface area contributed by atoms with Crippen molar-refractivity contribution in [3.05, 3.63) is 59.4 Å². The summed E-state index contributed by atoms with van der Waals surface area (Å²) in [4.78, 5) is 14.5. The van der Waals surface area contributed by atoms with Gasteiger partial charge >= 0.3 is 5.97 Å². The van der Waals surface area contributed by atoms with Crippen LogP contribution in [0.3, 0.4) is 0 Å². The first-order valence-corrected chi connectivity index (χ1v) is 5.52. The van der Waals surface area contributed by atoms with E-state index >= 15 is 0 Å². The highest BCUT2D eigenvalue weighted by Gasteiger charge is 2.11. The van der Waals surface area contributed by atoms with Gasteiger partial charge in [-0.2, -0.15) is 5.26 Å². The van der Waals surface area contributed by atoms with Crippen LogP contribution in [0.4, 0.5) is 0 Å². The first kappa shape index (κ1) is 12.6. The van der Waals surface area contributed by atoms with Gasteiger partial charge in [0.15, 0.2) is 11.4 Å². The molecule has 0 radical (unpaired) electrons. The van der Waals surface area contributed by atoms with E-state index in [1.54, 1.807) is 0 Å². The Kier molecular flexibility index (Phi) is 3.74. The molecule has 1 aromatic carbocycles. The molecule has 1 N–H and O–H groups in total. The number of aromatic carboxylic acids is 1. The molecule has 2 aromatic rings. The van der Waals surface area contributed by atoms with Crippen molar-refractivity contribution in [2.24, 2.45) is 0 Å². The molecule has 0 aliphatic heterocycles. The molecule has 0 aliphatic rings. The molecule has 0 bridgehead atoms. The van der Waals surface area contributed by atoms with Crippen molar-refractivity contribution >= 4 is 5.97 Å². The third-order valence-corrected chi connectivity index (χ3v) is 2.42. The van der Waals surface area contributed by atoms with Crippen LogP contribution in [0, 0.1) is 11.3 Å². The van der Waals surface area contributed by atoms with Crippen LogP contribution < -0.4 is 4.74 Å². The number of nitrogens with zero attached hydrogens (tertiary/aromatic N) is 2. The van der Waals surface area contributed by atoms with Gasteiger partial charge in [0.1, 0.15) is 18.4 Å². The van der Waals surface area contributed by atoms with Crippen molar-refractivity contribution < 1.29 is 14.6 Å². The molecule has 5 heteroatoms. The molecule has 0 fully saturated rings. The molecule has 1 heterocycles. The molecule has 0 unspecified atom stereocenters. The van der Waals surface area contributed by atoms with Crippen LogP contribution in [0.5, 0.6) is 5.75 Å². The van der Waals surface area contributed by atoms with E-state index in [9.17, 15) is 4.79 Å². The Balaban J connectivity index is 2.17. The van der Waals surface area contributed by atoms with Gasteiger partial charge in [-0.05, 0) is 17.7 Å². The number of hydrogen-bond donors (Lipinski definition) is 1. The number of pyridine rings is 1. The summed E-state index contributed by atoms with van der Waals surface area (Å²) in [5, 5.41) is 17.7. The van der Waals surface area contributed by atoms with Gasteiger partial charge in [0.25, 0.3) is 0 Å². The maximum Gasteiger partial charge on any atom is 0.354 e. The van der Waals surface area contributed by atoms with Gasteiger partial charge in [-0.3, -0.25) is 0 Å². The fourth-order valence-corrected chi connectivity index (χ4v) is 1.50. The Morgan fingerprint density at radius 3 is 2.63 bits per heavy atom. The third kappa shape index (κ3) is 3.07. The highest BCUT2D eigenvalue weighted by Crippen LogP contribution is 2.17. The third-order valence-electron chi connectivity index (χ3n) is 2.42. The molecule has 1 aromatic heterocycles. The van der Waals surface area contributed by atoms with E-state index in [1.807, 2.05) is 36.4 Å². The van der Waals surface area contributed by atoms with Crippen molar-refractivity contribution in [2.75, 3.05) is 0 Å². The Morgan fingerprint density at radius 2 is 2.00 bits per heavy atom. The molecule has 0 spiro atoms. The highest BCUT2D eigenvalue weighted by atomic mass is 16.5. The largest absolute Gasteiger partial charge is 0.486 e. The Labute approximate surface area is 109 Å². The minimum Gasteiger partial charge on any atom is -0.486 e. The summed E-state index contributed by atoms with van der Waals surface area (Å²) in [7, 11) is 0. The van der Waals surface area contributed by atoms with Crippen LogP contribution in [-0.2, 0) is 6.61 Å². The van der Waals surface area contributed by atoms with Gasteiger partial charge in [0.2, 0.25) is 0 Å². The summed E-state index contributed by atoms with van der Waals surface area (Å²) in [6.45, 7) is 0.295. The van der Waals surface area contributed by atoms with Gasteiger partial charge in [0, 0.05) is 0 Å². The predicted octanol–water partition coefficient (Wildman–Crippen LogP) is 2.23. The van der Waals surface area contributed by atoms with Crippen molar-refractivity contribution in [1.82, 2.24) is 4.98 Å². The van der Waals surface area contributed by atoms with Crippen LogP contribution in [0.15, 0.2) is 42.5 Å². The molecule has 2 rings (SSSR count). The van der Waals surface area contributed by atoms with Crippen LogP contribution in [-0.4, -0.2) is 16.1 Å². The number of rotatable bonds is 4. The van der Waals surface area contributed by atoms with Gasteiger partial charge in [0.05, 0.1) is 0 Å². The molecular weight excluding hydrogens is 244 g/mol. The zero-order valence-corrected chi connectivity index (χ0v) is 9.91. The number of carbonyl (C=O) groups is 1. The van der Waals surface area contributed by atoms with E-state index in [2.05, 4.69) is 4.98 Å². The van der Waals surface area contributed by atoms with Gasteiger partial charge in [-0.1, -0.05) is 30.3 Å². The smallest absolute Gasteiger partial charge is 0.354 e. The molecule has 19 heavy (non-hydrogen) atoms. The van der Waals surface area contributed by atoms with E-state index in [0.717, 1.165) is 5.56 Å². The van der Waals surface area contributed by atoms with Crippen LogP contribution in [0.1, 0.15) is 21.7 Å². The van der Waals surface area contributed by atoms with Crippen molar-refractivity contribution in [3.8, 4) is 11.8 Å². The molecule has 94 valence electrons. The lowest BCUT2D eigenvalue weighted by Gasteiger charge is -2.07. The van der Waals surface area contributed by atoms with E-state index < -0.39 is 5.97 Å². The number of aromatic nitrogens is 1. The number of nitriles is 1. The number of carboxylic acids is 1. The average molecular weight is 254 g/mol. The van der Waals surface area contributed by atoms with Crippen molar-refractivity contribution in [2.45, 2.75) is 6.61 Å². The topological polar surface area (TPSA) is 83.2 Å². The summed E-state index contributed by atoms with van der Waals surface area (Å²) >= 11 is 0. The molecule has 5 nitrogen and oxygen atoms in total. The SMILES string of the molecule is N#Cc1nc(C(=O)O)ccc1OCc1ccccc1. The summed E-state index contributed by atoms with van der Waals surface area (Å²) in [5.74, 6) is -0.900. The maximum atomic E-state index is 10.7. The van der Waals surface area contributed by atoms with Gasteiger partial charge in [-0.15, -0.1) is 0 Å². The summed E-state index contributed by atoms with van der Waals surface area (Å²) in [6.07, 6.45) is 0. The monoisotopic (exact) mass is 254 g/mol. The standard InChI is InChI=1S/C14H10N2O3/c15-8-12-13(7-6-11(16-12)14(17)18)19-9-10-4-2-1-3-5-10/h1-7H,9H2,(H,17,18).